The summed E-state index contributed by atoms with van der Waals surface area (Å²) in [7, 11) is 0. The van der Waals surface area contributed by atoms with Gasteiger partial charge in [0.25, 0.3) is 5.91 Å². The lowest BCUT2D eigenvalue weighted by Crippen LogP contribution is -2.29. The molecule has 1 N–H and O–H groups in total. The topological polar surface area (TPSA) is 51.2 Å². The predicted molar refractivity (Wildman–Crippen MR) is 69.1 cm³/mol. The first-order valence-corrected chi connectivity index (χ1v) is 5.97. The number of halogens is 3. The van der Waals surface area contributed by atoms with Gasteiger partial charge in [0.1, 0.15) is 0 Å². The van der Waals surface area contributed by atoms with Crippen LogP contribution >= 0.6 is 0 Å². The van der Waals surface area contributed by atoms with Crippen LogP contribution in [0.5, 0.6) is 0 Å². The van der Waals surface area contributed by atoms with E-state index in [2.05, 4.69) is 9.82 Å². The number of carbonyl (C=O) groups excluding carboxylic acids is 1. The molecule has 21 heavy (non-hydrogen) atoms. The standard InChI is InChI=1S/C14H11F3N2O2/c15-14(16,17)9-21-19-13(20)11-6-2-1-5-10(11)12-7-3-4-8-18-12/h1-8H,9H2,(H,19,20). The number of hydrogen-bond acceptors (Lipinski definition) is 3. The van der Waals surface area contributed by atoms with Gasteiger partial charge in [0.2, 0.25) is 0 Å². The second-order valence-corrected chi connectivity index (χ2v) is 4.10. The maximum atomic E-state index is 12.0. The number of aromatic nitrogens is 1. The number of carbonyl (C=O) groups is 1. The summed E-state index contributed by atoms with van der Waals surface area (Å²) < 4.78 is 35.9. The lowest BCUT2D eigenvalue weighted by Gasteiger charge is -2.11. The van der Waals surface area contributed by atoms with E-state index in [1.54, 1.807) is 48.1 Å². The largest absolute Gasteiger partial charge is 0.414 e. The number of alkyl halides is 3. The highest BCUT2D eigenvalue weighted by atomic mass is 19.4. The Morgan fingerprint density at radius 1 is 1.14 bits per heavy atom. The third-order valence-corrected chi connectivity index (χ3v) is 2.51. The van der Waals surface area contributed by atoms with Crippen molar-refractivity contribution in [3.8, 4) is 11.3 Å². The molecule has 0 saturated heterocycles. The Morgan fingerprint density at radius 3 is 2.52 bits per heavy atom. The van der Waals surface area contributed by atoms with Crippen molar-refractivity contribution in [2.75, 3.05) is 6.61 Å². The molecule has 7 heteroatoms. The van der Waals surface area contributed by atoms with Crippen LogP contribution in [0.4, 0.5) is 13.2 Å². The fourth-order valence-corrected chi connectivity index (χ4v) is 1.66. The Morgan fingerprint density at radius 2 is 1.86 bits per heavy atom. The van der Waals surface area contributed by atoms with Gasteiger partial charge < -0.3 is 0 Å². The molecule has 0 aliphatic rings. The summed E-state index contributed by atoms with van der Waals surface area (Å²) in [6.07, 6.45) is -2.95. The van der Waals surface area contributed by atoms with Gasteiger partial charge in [-0.25, -0.2) is 5.48 Å². The van der Waals surface area contributed by atoms with Gasteiger partial charge >= 0.3 is 6.18 Å². The van der Waals surface area contributed by atoms with E-state index in [0.29, 0.717) is 11.3 Å². The van der Waals surface area contributed by atoms with E-state index in [9.17, 15) is 18.0 Å². The Kier molecular flexibility index (Phi) is 4.54. The number of pyridine rings is 1. The summed E-state index contributed by atoms with van der Waals surface area (Å²) in [5.74, 6) is -0.763. The maximum absolute atomic E-state index is 12.0. The lowest BCUT2D eigenvalue weighted by molar-refractivity contribution is -0.184. The number of nitrogens with zero attached hydrogens (tertiary/aromatic N) is 1. The van der Waals surface area contributed by atoms with E-state index in [1.165, 1.54) is 6.07 Å². The molecule has 0 atom stereocenters. The lowest BCUT2D eigenvalue weighted by atomic mass is 10.0. The minimum Gasteiger partial charge on any atom is -0.267 e. The molecule has 0 saturated carbocycles. The smallest absolute Gasteiger partial charge is 0.267 e. The number of hydroxylamine groups is 1. The average Bonchev–Trinajstić information content (AvgIpc) is 2.47. The molecule has 1 amide bonds. The number of rotatable bonds is 4. The zero-order valence-corrected chi connectivity index (χ0v) is 10.7. The third-order valence-electron chi connectivity index (χ3n) is 2.51. The number of amides is 1. The molecule has 0 radical (unpaired) electrons. The summed E-state index contributed by atoms with van der Waals surface area (Å²) in [5.41, 5.74) is 3.00. The highest BCUT2D eigenvalue weighted by Crippen LogP contribution is 2.21. The van der Waals surface area contributed by atoms with Gasteiger partial charge in [0.15, 0.2) is 6.61 Å². The Bertz CT molecular complexity index is 615. The molecular weight excluding hydrogens is 285 g/mol. The Balaban J connectivity index is 2.15. The monoisotopic (exact) mass is 296 g/mol. The summed E-state index contributed by atoms with van der Waals surface area (Å²) in [4.78, 5) is 20.2. The number of nitrogens with one attached hydrogen (secondary N) is 1. The van der Waals surface area contributed by atoms with Crippen molar-refractivity contribution in [1.29, 1.82) is 0 Å². The molecule has 1 aromatic heterocycles. The zero-order chi connectivity index (χ0) is 15.3. The van der Waals surface area contributed by atoms with Gasteiger partial charge in [-0.05, 0) is 18.2 Å². The molecule has 0 bridgehead atoms. The Hall–Kier alpha value is -2.41. The molecule has 0 aliphatic heterocycles. The van der Waals surface area contributed by atoms with Gasteiger partial charge in [-0.3, -0.25) is 14.6 Å². The van der Waals surface area contributed by atoms with Crippen molar-refractivity contribution in [3.63, 3.8) is 0 Å². The molecule has 1 heterocycles. The fraction of sp³-hybridized carbons (Fsp3) is 0.143. The first-order valence-electron chi connectivity index (χ1n) is 5.97. The molecule has 0 aliphatic carbocycles. The van der Waals surface area contributed by atoms with Crippen molar-refractivity contribution in [1.82, 2.24) is 10.5 Å². The molecule has 4 nitrogen and oxygen atoms in total. The third kappa shape index (κ3) is 4.28. The van der Waals surface area contributed by atoms with Crippen LogP contribution in [-0.2, 0) is 4.84 Å². The SMILES string of the molecule is O=C(NOCC(F)(F)F)c1ccccc1-c1ccccn1. The zero-order valence-electron chi connectivity index (χ0n) is 10.7. The molecule has 2 aromatic rings. The highest BCUT2D eigenvalue weighted by molar-refractivity contribution is 5.99. The van der Waals surface area contributed by atoms with Gasteiger partial charge in [0, 0.05) is 11.8 Å². The van der Waals surface area contributed by atoms with Gasteiger partial charge in [-0.2, -0.15) is 13.2 Å². The van der Waals surface area contributed by atoms with Gasteiger partial charge in [0.05, 0.1) is 11.3 Å². The van der Waals surface area contributed by atoms with Crippen LogP contribution in [0.1, 0.15) is 10.4 Å². The minimum absolute atomic E-state index is 0.179. The van der Waals surface area contributed by atoms with Crippen LogP contribution in [0.15, 0.2) is 48.7 Å². The maximum Gasteiger partial charge on any atom is 0.414 e. The van der Waals surface area contributed by atoms with E-state index in [4.69, 9.17) is 0 Å². The summed E-state index contributed by atoms with van der Waals surface area (Å²) in [6, 6.07) is 11.6. The molecule has 0 spiro atoms. The molecule has 2 rings (SSSR count). The highest BCUT2D eigenvalue weighted by Gasteiger charge is 2.28. The van der Waals surface area contributed by atoms with Crippen molar-refractivity contribution >= 4 is 5.91 Å². The van der Waals surface area contributed by atoms with Crippen LogP contribution in [-0.4, -0.2) is 23.7 Å². The van der Waals surface area contributed by atoms with E-state index in [1.807, 2.05) is 0 Å². The summed E-state index contributed by atoms with van der Waals surface area (Å²) >= 11 is 0. The van der Waals surface area contributed by atoms with Gasteiger partial charge in [-0.15, -0.1) is 0 Å². The molecule has 110 valence electrons. The summed E-state index contributed by atoms with van der Waals surface area (Å²) in [6.45, 7) is -1.55. The van der Waals surface area contributed by atoms with Crippen LogP contribution in [0.2, 0.25) is 0 Å². The van der Waals surface area contributed by atoms with Crippen LogP contribution in [0.3, 0.4) is 0 Å². The van der Waals surface area contributed by atoms with Crippen molar-refractivity contribution in [2.24, 2.45) is 0 Å². The molecular formula is C14H11F3N2O2. The fourth-order valence-electron chi connectivity index (χ4n) is 1.66. The average molecular weight is 296 g/mol. The quantitative estimate of drug-likeness (QED) is 0.882. The van der Waals surface area contributed by atoms with E-state index in [-0.39, 0.29) is 5.56 Å². The van der Waals surface area contributed by atoms with Crippen LogP contribution in [0, 0.1) is 0 Å². The second kappa shape index (κ2) is 6.36. The normalized spacial score (nSPS) is 11.2. The van der Waals surface area contributed by atoms with Crippen LogP contribution < -0.4 is 5.48 Å². The second-order valence-electron chi connectivity index (χ2n) is 4.10. The Labute approximate surface area is 118 Å². The molecule has 1 aromatic carbocycles. The van der Waals surface area contributed by atoms with E-state index < -0.39 is 18.7 Å². The van der Waals surface area contributed by atoms with E-state index in [0.717, 1.165) is 0 Å². The molecule has 0 unspecified atom stereocenters. The summed E-state index contributed by atoms with van der Waals surface area (Å²) in [5, 5.41) is 0. The van der Waals surface area contributed by atoms with Gasteiger partial charge in [-0.1, -0.05) is 24.3 Å². The number of hydrogen-bond donors (Lipinski definition) is 1. The molecule has 0 fully saturated rings. The van der Waals surface area contributed by atoms with E-state index >= 15 is 0 Å². The van der Waals surface area contributed by atoms with Crippen molar-refractivity contribution in [2.45, 2.75) is 6.18 Å². The first-order chi connectivity index (χ1) is 9.97. The number of benzene rings is 1. The van der Waals surface area contributed by atoms with Crippen LogP contribution in [0.25, 0.3) is 11.3 Å². The minimum atomic E-state index is -4.51. The van der Waals surface area contributed by atoms with Crippen molar-refractivity contribution in [3.05, 3.63) is 54.2 Å². The predicted octanol–water partition coefficient (Wildman–Crippen LogP) is 2.97. The first kappa shape index (κ1) is 15.0. The van der Waals surface area contributed by atoms with Crippen molar-refractivity contribution < 1.29 is 22.8 Å².